The van der Waals surface area contributed by atoms with Crippen LogP contribution in [-0.4, -0.2) is 15.4 Å². The van der Waals surface area contributed by atoms with Gasteiger partial charge in [0.25, 0.3) is 5.56 Å². The number of amidine groups is 1. The SMILES string of the molecule is CCn1cc(C2(c3ccnc(Br)c3)N=C(N)c3c(F)cccc32)cc(C)c1=O. The quantitative estimate of drug-likeness (QED) is 0.633. The summed E-state index contributed by atoms with van der Waals surface area (Å²) in [5.74, 6) is -0.290. The number of hydrogen-bond acceptors (Lipinski definition) is 4. The molecule has 0 amide bonds. The molecule has 4 rings (SSSR count). The van der Waals surface area contributed by atoms with Gasteiger partial charge >= 0.3 is 0 Å². The molecule has 0 fully saturated rings. The van der Waals surface area contributed by atoms with Crippen molar-refractivity contribution in [1.82, 2.24) is 9.55 Å². The zero-order chi connectivity index (χ0) is 20.1. The molecule has 0 saturated carbocycles. The van der Waals surface area contributed by atoms with Gasteiger partial charge < -0.3 is 10.3 Å². The number of aryl methyl sites for hydroxylation is 2. The monoisotopic (exact) mass is 440 g/mol. The van der Waals surface area contributed by atoms with Crippen molar-refractivity contribution >= 4 is 21.8 Å². The lowest BCUT2D eigenvalue weighted by molar-refractivity contribution is 0.610. The summed E-state index contributed by atoms with van der Waals surface area (Å²) in [7, 11) is 0. The second-order valence-electron chi connectivity index (χ2n) is 6.74. The van der Waals surface area contributed by atoms with E-state index in [1.165, 1.54) is 6.07 Å². The fraction of sp³-hybridized carbons (Fsp3) is 0.190. The summed E-state index contributed by atoms with van der Waals surface area (Å²) >= 11 is 3.41. The average molecular weight is 441 g/mol. The lowest BCUT2D eigenvalue weighted by atomic mass is 9.78. The zero-order valence-corrected chi connectivity index (χ0v) is 17.0. The minimum atomic E-state index is -1.07. The van der Waals surface area contributed by atoms with E-state index in [4.69, 9.17) is 10.7 Å². The third kappa shape index (κ3) is 2.61. The fourth-order valence-corrected chi connectivity index (χ4v) is 4.20. The zero-order valence-electron chi connectivity index (χ0n) is 15.4. The number of hydrogen-bond donors (Lipinski definition) is 1. The molecule has 5 nitrogen and oxygen atoms in total. The van der Waals surface area contributed by atoms with Crippen LogP contribution in [0.4, 0.5) is 4.39 Å². The smallest absolute Gasteiger partial charge is 0.253 e. The number of rotatable bonds is 3. The Morgan fingerprint density at radius 3 is 2.75 bits per heavy atom. The number of aromatic nitrogens is 2. The lowest BCUT2D eigenvalue weighted by Crippen LogP contribution is -2.30. The van der Waals surface area contributed by atoms with Gasteiger partial charge in [0.15, 0.2) is 0 Å². The fourth-order valence-electron chi connectivity index (χ4n) is 3.84. The highest BCUT2D eigenvalue weighted by molar-refractivity contribution is 9.10. The first-order valence-corrected chi connectivity index (χ1v) is 9.66. The van der Waals surface area contributed by atoms with E-state index in [9.17, 15) is 9.18 Å². The van der Waals surface area contributed by atoms with Crippen LogP contribution in [0.3, 0.4) is 0 Å². The third-order valence-electron chi connectivity index (χ3n) is 5.12. The van der Waals surface area contributed by atoms with Gasteiger partial charge in [-0.15, -0.1) is 0 Å². The van der Waals surface area contributed by atoms with Crippen molar-refractivity contribution in [3.63, 3.8) is 0 Å². The number of pyridine rings is 2. The van der Waals surface area contributed by atoms with E-state index in [0.717, 1.165) is 11.1 Å². The van der Waals surface area contributed by atoms with Crippen LogP contribution >= 0.6 is 15.9 Å². The largest absolute Gasteiger partial charge is 0.383 e. The number of fused-ring (bicyclic) bond motifs is 1. The Kier molecular flexibility index (Phi) is 4.42. The first kappa shape index (κ1) is 18.6. The topological polar surface area (TPSA) is 73.3 Å². The number of nitrogens with zero attached hydrogens (tertiary/aromatic N) is 3. The van der Waals surface area contributed by atoms with E-state index in [1.807, 2.05) is 25.1 Å². The molecule has 1 unspecified atom stereocenters. The highest BCUT2D eigenvalue weighted by Gasteiger charge is 2.44. The Hall–Kier alpha value is -2.80. The van der Waals surface area contributed by atoms with Gasteiger partial charge in [0, 0.05) is 35.6 Å². The summed E-state index contributed by atoms with van der Waals surface area (Å²) in [4.78, 5) is 21.4. The summed E-state index contributed by atoms with van der Waals surface area (Å²) in [6, 6.07) is 10.3. The molecule has 0 spiro atoms. The van der Waals surface area contributed by atoms with E-state index >= 15 is 0 Å². The van der Waals surface area contributed by atoms with Crippen LogP contribution in [0.15, 0.2) is 63.2 Å². The molecular weight excluding hydrogens is 423 g/mol. The maximum Gasteiger partial charge on any atom is 0.253 e. The molecule has 2 N–H and O–H groups in total. The highest BCUT2D eigenvalue weighted by Crippen LogP contribution is 2.46. The second kappa shape index (κ2) is 6.67. The summed E-state index contributed by atoms with van der Waals surface area (Å²) < 4.78 is 16.9. The van der Waals surface area contributed by atoms with E-state index in [-0.39, 0.29) is 11.4 Å². The maximum absolute atomic E-state index is 14.6. The van der Waals surface area contributed by atoms with Crippen molar-refractivity contribution in [1.29, 1.82) is 0 Å². The molecule has 3 heterocycles. The van der Waals surface area contributed by atoms with Gasteiger partial charge in [-0.2, -0.15) is 0 Å². The van der Waals surface area contributed by atoms with Crippen molar-refractivity contribution in [3.8, 4) is 0 Å². The van der Waals surface area contributed by atoms with Gasteiger partial charge in [0.2, 0.25) is 0 Å². The highest BCUT2D eigenvalue weighted by atomic mass is 79.9. The molecule has 3 aromatic rings. The van der Waals surface area contributed by atoms with Gasteiger partial charge in [-0.3, -0.25) is 4.79 Å². The number of benzene rings is 1. The Bertz CT molecular complexity index is 1190. The van der Waals surface area contributed by atoms with Crippen LogP contribution < -0.4 is 11.3 Å². The van der Waals surface area contributed by atoms with Crippen LogP contribution in [0.25, 0.3) is 0 Å². The van der Waals surface area contributed by atoms with E-state index < -0.39 is 11.4 Å². The van der Waals surface area contributed by atoms with Crippen molar-refractivity contribution in [3.05, 3.63) is 97.4 Å². The van der Waals surface area contributed by atoms with Gasteiger partial charge in [-0.05, 0) is 59.6 Å². The molecule has 1 aliphatic rings. The summed E-state index contributed by atoms with van der Waals surface area (Å²) in [5.41, 5.74) is 8.11. The first-order valence-electron chi connectivity index (χ1n) is 8.86. The molecule has 0 aliphatic carbocycles. The maximum atomic E-state index is 14.6. The number of nitrogens with two attached hydrogens (primary N) is 1. The minimum Gasteiger partial charge on any atom is -0.383 e. The van der Waals surface area contributed by atoms with Crippen molar-refractivity contribution in [2.45, 2.75) is 25.9 Å². The average Bonchev–Trinajstić information content (AvgIpc) is 2.98. The van der Waals surface area contributed by atoms with Crippen LogP contribution in [-0.2, 0) is 12.1 Å². The van der Waals surface area contributed by atoms with Crippen LogP contribution in [0.2, 0.25) is 0 Å². The van der Waals surface area contributed by atoms with Crippen LogP contribution in [0.5, 0.6) is 0 Å². The lowest BCUT2D eigenvalue weighted by Gasteiger charge is -2.30. The Balaban J connectivity index is 2.15. The van der Waals surface area contributed by atoms with Gasteiger partial charge in [-0.25, -0.2) is 14.4 Å². The van der Waals surface area contributed by atoms with Crippen LogP contribution in [0.1, 0.15) is 34.7 Å². The molecule has 1 atom stereocenters. The third-order valence-corrected chi connectivity index (χ3v) is 5.55. The Morgan fingerprint density at radius 1 is 1.25 bits per heavy atom. The predicted octanol–water partition coefficient (Wildman–Crippen LogP) is 3.48. The minimum absolute atomic E-state index is 0.0632. The molecule has 7 heteroatoms. The molecule has 28 heavy (non-hydrogen) atoms. The molecule has 0 saturated heterocycles. The van der Waals surface area contributed by atoms with Crippen LogP contribution in [0, 0.1) is 12.7 Å². The molecular formula is C21H18BrFN4O. The second-order valence-corrected chi connectivity index (χ2v) is 7.55. The normalized spacial score (nSPS) is 18.1. The summed E-state index contributed by atoms with van der Waals surface area (Å²) in [5, 5.41) is 0. The molecule has 2 aromatic heterocycles. The van der Waals surface area contributed by atoms with Gasteiger partial charge in [0.1, 0.15) is 21.8 Å². The van der Waals surface area contributed by atoms with E-state index in [2.05, 4.69) is 20.9 Å². The molecule has 142 valence electrons. The number of halogens is 2. The van der Waals surface area contributed by atoms with Gasteiger partial charge in [0.05, 0.1) is 5.56 Å². The van der Waals surface area contributed by atoms with Crippen molar-refractivity contribution < 1.29 is 4.39 Å². The standard InChI is InChI=1S/C21H18BrFN4O/c1-3-27-11-14(9-12(2)20(27)28)21(13-7-8-25-17(22)10-13)15-5-4-6-16(23)18(15)19(24)26-21/h4-11H,3H2,1-2H3,(H2,24,26). The van der Waals surface area contributed by atoms with Gasteiger partial charge in [-0.1, -0.05) is 12.1 Å². The van der Waals surface area contributed by atoms with E-state index in [0.29, 0.717) is 27.8 Å². The Morgan fingerprint density at radius 2 is 2.04 bits per heavy atom. The van der Waals surface area contributed by atoms with Crippen molar-refractivity contribution in [2.75, 3.05) is 0 Å². The predicted molar refractivity (Wildman–Crippen MR) is 110 cm³/mol. The first-order chi connectivity index (χ1) is 13.4. The Labute approximate surface area is 169 Å². The number of aliphatic imine (C=N–C) groups is 1. The van der Waals surface area contributed by atoms with E-state index in [1.54, 1.807) is 36.0 Å². The summed E-state index contributed by atoms with van der Waals surface area (Å²) in [6.07, 6.45) is 3.44. The molecule has 0 radical (unpaired) electrons. The van der Waals surface area contributed by atoms with Crippen molar-refractivity contribution in [2.24, 2.45) is 10.7 Å². The summed E-state index contributed by atoms with van der Waals surface area (Å²) in [6.45, 7) is 4.18. The molecule has 1 aliphatic heterocycles. The molecule has 1 aromatic carbocycles. The molecule has 0 bridgehead atoms.